The average molecular weight is 428 g/mol. The fourth-order valence-electron chi connectivity index (χ4n) is 2.32. The zero-order valence-corrected chi connectivity index (χ0v) is 15.8. The van der Waals surface area contributed by atoms with E-state index < -0.39 is 0 Å². The van der Waals surface area contributed by atoms with Gasteiger partial charge in [0.1, 0.15) is 10.7 Å². The van der Waals surface area contributed by atoms with E-state index in [4.69, 9.17) is 0 Å². The number of hydrogen-bond acceptors (Lipinski definition) is 6. The number of amides is 3. The van der Waals surface area contributed by atoms with Gasteiger partial charge >= 0.3 is 0 Å². The number of halogens is 1. The summed E-state index contributed by atoms with van der Waals surface area (Å²) < 4.78 is 0.995. The van der Waals surface area contributed by atoms with E-state index in [1.165, 1.54) is 16.2 Å². The van der Waals surface area contributed by atoms with Gasteiger partial charge in [-0.25, -0.2) is 4.98 Å². The number of carbonyl (C=O) groups excluding carboxylic acids is 3. The molecule has 1 aliphatic heterocycles. The van der Waals surface area contributed by atoms with E-state index in [-0.39, 0.29) is 17.7 Å². The van der Waals surface area contributed by atoms with Crippen LogP contribution in [0.1, 0.15) is 29.8 Å². The zero-order valence-electron chi connectivity index (χ0n) is 12.6. The van der Waals surface area contributed by atoms with Crippen LogP contribution in [0.5, 0.6) is 0 Å². The smallest absolute Gasteiger partial charge is 0.270 e. The van der Waals surface area contributed by atoms with Gasteiger partial charge in [0.05, 0.1) is 4.88 Å². The Morgan fingerprint density at radius 1 is 1.25 bits per heavy atom. The van der Waals surface area contributed by atoms with Gasteiger partial charge in [-0.1, -0.05) is 0 Å². The molecule has 9 heteroatoms. The quantitative estimate of drug-likeness (QED) is 0.567. The number of thiophene rings is 1. The lowest BCUT2D eigenvalue weighted by Gasteiger charge is -2.13. The molecule has 3 heterocycles. The highest BCUT2D eigenvalue weighted by atomic mass is 79.9. The molecule has 1 fully saturated rings. The Morgan fingerprint density at radius 3 is 2.67 bits per heavy atom. The summed E-state index contributed by atoms with van der Waals surface area (Å²) in [6.45, 7) is 0.747. The number of likely N-dealkylation sites (tertiary alicyclic amines) is 1. The van der Waals surface area contributed by atoms with Crippen molar-refractivity contribution in [3.63, 3.8) is 0 Å². The topological polar surface area (TPSA) is 79.4 Å². The summed E-state index contributed by atoms with van der Waals surface area (Å²) in [5.74, 6) is -0.498. The van der Waals surface area contributed by atoms with Gasteiger partial charge in [0, 0.05) is 41.2 Å². The number of thiazole rings is 1. The molecule has 0 aliphatic carbocycles. The van der Waals surface area contributed by atoms with Crippen LogP contribution in [0.15, 0.2) is 21.3 Å². The van der Waals surface area contributed by atoms with Gasteiger partial charge in [-0.2, -0.15) is 0 Å². The Morgan fingerprint density at radius 2 is 2.00 bits per heavy atom. The number of hydrogen-bond donors (Lipinski definition) is 1. The average Bonchev–Trinajstić information content (AvgIpc) is 3.26. The third-order valence-corrected chi connectivity index (χ3v) is 6.22. The van der Waals surface area contributed by atoms with E-state index in [2.05, 4.69) is 26.2 Å². The van der Waals surface area contributed by atoms with Crippen LogP contribution in [-0.2, 0) is 9.59 Å². The molecule has 6 nitrogen and oxygen atoms in total. The predicted molar refractivity (Wildman–Crippen MR) is 96.0 cm³/mol. The Balaban J connectivity index is 1.48. The Bertz CT molecular complexity index is 771. The van der Waals surface area contributed by atoms with Gasteiger partial charge in [-0.3, -0.25) is 19.3 Å². The molecule has 0 spiro atoms. The fraction of sp³-hybridized carbons (Fsp3) is 0.333. The SMILES string of the molecule is O=C(NCCCN1C(=O)CCC1=O)c1csc(-c2cc(Br)cs2)n1. The van der Waals surface area contributed by atoms with Crippen molar-refractivity contribution in [1.29, 1.82) is 0 Å². The van der Waals surface area contributed by atoms with E-state index in [1.54, 1.807) is 16.7 Å². The molecule has 0 saturated carbocycles. The molecular weight excluding hydrogens is 414 g/mol. The normalized spacial score (nSPS) is 14.5. The highest BCUT2D eigenvalue weighted by Crippen LogP contribution is 2.31. The number of carbonyl (C=O) groups is 3. The maximum atomic E-state index is 12.1. The summed E-state index contributed by atoms with van der Waals surface area (Å²) >= 11 is 6.39. The number of aromatic nitrogens is 1. The third kappa shape index (κ3) is 3.90. The van der Waals surface area contributed by atoms with Crippen molar-refractivity contribution < 1.29 is 14.4 Å². The van der Waals surface area contributed by atoms with Crippen LogP contribution < -0.4 is 5.32 Å². The summed E-state index contributed by atoms with van der Waals surface area (Å²) in [7, 11) is 0. The fourth-order valence-corrected chi connectivity index (χ4v) is 4.63. The summed E-state index contributed by atoms with van der Waals surface area (Å²) in [6.07, 6.45) is 1.13. The molecule has 3 amide bonds. The molecule has 0 bridgehead atoms. The third-order valence-electron chi connectivity index (χ3n) is 3.51. The minimum absolute atomic E-state index is 0.127. The van der Waals surface area contributed by atoms with Gasteiger partial charge in [0.25, 0.3) is 5.91 Å². The van der Waals surface area contributed by atoms with Crippen LogP contribution in [0.2, 0.25) is 0 Å². The van der Waals surface area contributed by atoms with Gasteiger partial charge in [0.15, 0.2) is 0 Å². The summed E-state index contributed by atoms with van der Waals surface area (Å²) in [4.78, 5) is 41.7. The summed E-state index contributed by atoms with van der Waals surface area (Å²) in [6, 6.07) is 1.97. The van der Waals surface area contributed by atoms with E-state index in [0.29, 0.717) is 38.0 Å². The lowest BCUT2D eigenvalue weighted by molar-refractivity contribution is -0.138. The first-order chi connectivity index (χ1) is 11.5. The number of imide groups is 1. The van der Waals surface area contributed by atoms with E-state index in [9.17, 15) is 14.4 Å². The first-order valence-corrected chi connectivity index (χ1v) is 9.91. The van der Waals surface area contributed by atoms with E-state index in [1.807, 2.05) is 11.4 Å². The van der Waals surface area contributed by atoms with Crippen LogP contribution in [0.25, 0.3) is 9.88 Å². The van der Waals surface area contributed by atoms with Gasteiger partial charge in [0.2, 0.25) is 11.8 Å². The lowest BCUT2D eigenvalue weighted by atomic mass is 10.3. The van der Waals surface area contributed by atoms with Crippen LogP contribution in [0.4, 0.5) is 0 Å². The van der Waals surface area contributed by atoms with E-state index in [0.717, 1.165) is 14.4 Å². The van der Waals surface area contributed by atoms with Crippen molar-refractivity contribution in [2.24, 2.45) is 0 Å². The van der Waals surface area contributed by atoms with Crippen molar-refractivity contribution in [3.05, 3.63) is 27.0 Å². The number of nitrogens with zero attached hydrogens (tertiary/aromatic N) is 2. The first kappa shape index (κ1) is 17.2. The van der Waals surface area contributed by atoms with Gasteiger partial charge < -0.3 is 5.32 Å². The Kier molecular flexibility index (Phi) is 5.42. The van der Waals surface area contributed by atoms with Crippen LogP contribution in [0.3, 0.4) is 0 Å². The molecule has 1 saturated heterocycles. The maximum absolute atomic E-state index is 12.1. The highest BCUT2D eigenvalue weighted by molar-refractivity contribution is 9.10. The molecule has 1 aliphatic rings. The molecule has 0 atom stereocenters. The predicted octanol–water partition coefficient (Wildman–Crippen LogP) is 2.90. The van der Waals surface area contributed by atoms with Gasteiger partial charge in [-0.05, 0) is 28.4 Å². The van der Waals surface area contributed by atoms with Crippen LogP contribution in [-0.4, -0.2) is 40.7 Å². The molecule has 24 heavy (non-hydrogen) atoms. The van der Waals surface area contributed by atoms with Crippen molar-refractivity contribution >= 4 is 56.3 Å². The molecule has 126 valence electrons. The second-order valence-electron chi connectivity index (χ2n) is 5.22. The zero-order chi connectivity index (χ0) is 17.1. The molecule has 0 aromatic carbocycles. The van der Waals surface area contributed by atoms with Gasteiger partial charge in [-0.15, -0.1) is 22.7 Å². The summed E-state index contributed by atoms with van der Waals surface area (Å²) in [5, 5.41) is 7.28. The summed E-state index contributed by atoms with van der Waals surface area (Å²) in [5.41, 5.74) is 0.382. The second kappa shape index (κ2) is 7.54. The number of rotatable bonds is 6. The van der Waals surface area contributed by atoms with E-state index >= 15 is 0 Å². The Labute approximate surface area is 155 Å². The Hall–Kier alpha value is -1.58. The van der Waals surface area contributed by atoms with Crippen molar-refractivity contribution in [3.8, 4) is 9.88 Å². The largest absolute Gasteiger partial charge is 0.351 e. The number of nitrogens with one attached hydrogen (secondary N) is 1. The molecule has 0 unspecified atom stereocenters. The monoisotopic (exact) mass is 427 g/mol. The maximum Gasteiger partial charge on any atom is 0.270 e. The molecule has 1 N–H and O–H groups in total. The highest BCUT2D eigenvalue weighted by Gasteiger charge is 2.27. The lowest BCUT2D eigenvalue weighted by Crippen LogP contribution is -2.33. The van der Waals surface area contributed by atoms with Crippen LogP contribution in [0, 0.1) is 0 Å². The minimum Gasteiger partial charge on any atom is -0.351 e. The first-order valence-electron chi connectivity index (χ1n) is 7.36. The van der Waals surface area contributed by atoms with Crippen LogP contribution >= 0.6 is 38.6 Å². The standard InChI is InChI=1S/C15H14BrN3O3S2/c16-9-6-11(23-7-9)15-18-10(8-24-15)14(22)17-4-1-5-19-12(20)2-3-13(19)21/h6-8H,1-5H2,(H,17,22). The molecular formula is C15H14BrN3O3S2. The van der Waals surface area contributed by atoms with Crippen molar-refractivity contribution in [1.82, 2.24) is 15.2 Å². The molecule has 2 aromatic heterocycles. The van der Waals surface area contributed by atoms with Crippen molar-refractivity contribution in [2.45, 2.75) is 19.3 Å². The van der Waals surface area contributed by atoms with Crippen molar-refractivity contribution in [2.75, 3.05) is 13.1 Å². The molecule has 0 radical (unpaired) electrons. The molecule has 2 aromatic rings. The molecule has 3 rings (SSSR count). The minimum atomic E-state index is -0.243. The second-order valence-corrected chi connectivity index (χ2v) is 7.90.